The highest BCUT2D eigenvalue weighted by Gasteiger charge is 2.33. The van der Waals surface area contributed by atoms with Crippen LogP contribution in [0.1, 0.15) is 35.1 Å². The van der Waals surface area contributed by atoms with Crippen molar-refractivity contribution in [2.45, 2.75) is 38.4 Å². The monoisotopic (exact) mass is 337 g/mol. The number of alkyl halides is 3. The molecule has 4 nitrogen and oxygen atoms in total. The largest absolute Gasteiger partial charge is 0.416 e. The number of hydrogen-bond acceptors (Lipinski definition) is 3. The minimum Gasteiger partial charge on any atom is -0.316 e. The van der Waals surface area contributed by atoms with Gasteiger partial charge in [-0.05, 0) is 56.0 Å². The number of aromatic amines is 1. The summed E-state index contributed by atoms with van der Waals surface area (Å²) in [4.78, 5) is 11.9. The first-order valence-corrected chi connectivity index (χ1v) is 7.87. The van der Waals surface area contributed by atoms with Crippen LogP contribution >= 0.6 is 0 Å². The molecule has 0 radical (unpaired) electrons. The molecule has 0 bridgehead atoms. The van der Waals surface area contributed by atoms with Crippen molar-refractivity contribution in [2.75, 3.05) is 7.05 Å². The van der Waals surface area contributed by atoms with Crippen molar-refractivity contribution in [2.24, 2.45) is 0 Å². The van der Waals surface area contributed by atoms with Gasteiger partial charge in [0.1, 0.15) is 0 Å². The standard InChI is InChI=1S/C17H18F3N3O/c1-21-9-11-8-10(6-7-14(11)17(18,19)20)15-12-4-2-3-5-13(12)16(24)23-22-15/h6-8,21H,2-5,9H2,1H3,(H,23,24). The minimum absolute atomic E-state index is 0.105. The first-order chi connectivity index (χ1) is 11.4. The van der Waals surface area contributed by atoms with Gasteiger partial charge in [-0.3, -0.25) is 4.79 Å². The number of hydrogen-bond donors (Lipinski definition) is 2. The van der Waals surface area contributed by atoms with E-state index < -0.39 is 11.7 Å². The second-order valence-corrected chi connectivity index (χ2v) is 5.97. The zero-order chi connectivity index (χ0) is 17.3. The summed E-state index contributed by atoms with van der Waals surface area (Å²) in [7, 11) is 1.60. The Bertz CT molecular complexity index is 812. The first-order valence-electron chi connectivity index (χ1n) is 7.87. The third kappa shape index (κ3) is 3.08. The Morgan fingerprint density at radius 2 is 1.92 bits per heavy atom. The molecule has 0 fully saturated rings. The lowest BCUT2D eigenvalue weighted by molar-refractivity contribution is -0.138. The molecule has 0 saturated heterocycles. The number of nitrogens with zero attached hydrogens (tertiary/aromatic N) is 1. The van der Waals surface area contributed by atoms with Gasteiger partial charge in [-0.1, -0.05) is 6.07 Å². The van der Waals surface area contributed by atoms with Crippen molar-refractivity contribution in [3.63, 3.8) is 0 Å². The molecule has 2 N–H and O–H groups in total. The molecule has 1 aromatic carbocycles. The van der Waals surface area contributed by atoms with E-state index in [4.69, 9.17) is 0 Å². The van der Waals surface area contributed by atoms with Crippen molar-refractivity contribution in [3.8, 4) is 11.3 Å². The maximum atomic E-state index is 13.1. The number of rotatable bonds is 3. The predicted molar refractivity (Wildman–Crippen MR) is 84.7 cm³/mol. The second-order valence-electron chi connectivity index (χ2n) is 5.97. The number of nitrogens with one attached hydrogen (secondary N) is 2. The smallest absolute Gasteiger partial charge is 0.316 e. The molecule has 1 aliphatic carbocycles. The average Bonchev–Trinajstić information content (AvgIpc) is 2.55. The molecule has 24 heavy (non-hydrogen) atoms. The fourth-order valence-electron chi connectivity index (χ4n) is 3.25. The van der Waals surface area contributed by atoms with Crippen LogP contribution in [0.25, 0.3) is 11.3 Å². The van der Waals surface area contributed by atoms with Gasteiger partial charge in [0, 0.05) is 17.7 Å². The van der Waals surface area contributed by atoms with Gasteiger partial charge in [0.15, 0.2) is 0 Å². The number of halogens is 3. The highest BCUT2D eigenvalue weighted by atomic mass is 19.4. The van der Waals surface area contributed by atoms with Gasteiger partial charge in [-0.15, -0.1) is 0 Å². The molecule has 2 aromatic rings. The lowest BCUT2D eigenvalue weighted by Gasteiger charge is -2.19. The maximum absolute atomic E-state index is 13.1. The lowest BCUT2D eigenvalue weighted by Crippen LogP contribution is -2.21. The summed E-state index contributed by atoms with van der Waals surface area (Å²) in [5, 5.41) is 9.36. The maximum Gasteiger partial charge on any atom is 0.416 e. The molecule has 0 atom stereocenters. The van der Waals surface area contributed by atoms with Crippen molar-refractivity contribution < 1.29 is 13.2 Å². The molecule has 1 heterocycles. The zero-order valence-electron chi connectivity index (χ0n) is 13.3. The normalized spacial score (nSPS) is 14.5. The van der Waals surface area contributed by atoms with E-state index in [2.05, 4.69) is 15.5 Å². The van der Waals surface area contributed by atoms with Gasteiger partial charge in [0.25, 0.3) is 5.56 Å². The van der Waals surface area contributed by atoms with Crippen LogP contribution in [0.15, 0.2) is 23.0 Å². The zero-order valence-corrected chi connectivity index (χ0v) is 13.3. The van der Waals surface area contributed by atoms with E-state index in [0.29, 0.717) is 23.2 Å². The number of aromatic nitrogens is 2. The van der Waals surface area contributed by atoms with Crippen LogP contribution in [0.4, 0.5) is 13.2 Å². The van der Waals surface area contributed by atoms with E-state index in [9.17, 15) is 18.0 Å². The number of fused-ring (bicyclic) bond motifs is 1. The van der Waals surface area contributed by atoms with Gasteiger partial charge < -0.3 is 5.32 Å². The second kappa shape index (κ2) is 6.39. The van der Waals surface area contributed by atoms with Crippen molar-refractivity contribution >= 4 is 0 Å². The molecule has 7 heteroatoms. The van der Waals surface area contributed by atoms with Crippen LogP contribution in [0.3, 0.4) is 0 Å². The Labute approximate surface area is 137 Å². The molecule has 0 unspecified atom stereocenters. The van der Waals surface area contributed by atoms with Crippen molar-refractivity contribution in [1.82, 2.24) is 15.5 Å². The molecule has 0 aliphatic heterocycles. The third-order valence-corrected chi connectivity index (χ3v) is 4.35. The number of benzene rings is 1. The summed E-state index contributed by atoms with van der Waals surface area (Å²) in [5.41, 5.74) is 2.06. The Morgan fingerprint density at radius 3 is 2.58 bits per heavy atom. The molecule has 128 valence electrons. The Morgan fingerprint density at radius 1 is 1.21 bits per heavy atom. The summed E-state index contributed by atoms with van der Waals surface area (Å²) in [6.07, 6.45) is -1.09. The van der Waals surface area contributed by atoms with Gasteiger partial charge in [-0.2, -0.15) is 18.3 Å². The highest BCUT2D eigenvalue weighted by molar-refractivity contribution is 5.66. The predicted octanol–water partition coefficient (Wildman–Crippen LogP) is 3.05. The van der Waals surface area contributed by atoms with E-state index in [0.717, 1.165) is 30.9 Å². The van der Waals surface area contributed by atoms with Gasteiger partial charge >= 0.3 is 6.18 Å². The average molecular weight is 337 g/mol. The summed E-state index contributed by atoms with van der Waals surface area (Å²) in [5.74, 6) is 0. The minimum atomic E-state index is -4.40. The molecule has 1 aromatic heterocycles. The van der Waals surface area contributed by atoms with Gasteiger partial charge in [-0.25, -0.2) is 5.10 Å². The molecule has 3 rings (SSSR count). The molecule has 0 saturated carbocycles. The SMILES string of the molecule is CNCc1cc(-c2n[nH]c(=O)c3c2CCCC3)ccc1C(F)(F)F. The fourth-order valence-corrected chi connectivity index (χ4v) is 3.25. The van der Waals surface area contributed by atoms with E-state index in [-0.39, 0.29) is 17.7 Å². The van der Waals surface area contributed by atoms with Crippen molar-refractivity contribution in [3.05, 3.63) is 50.8 Å². The Balaban J connectivity index is 2.14. The summed E-state index contributed by atoms with van der Waals surface area (Å²) in [6.45, 7) is 0.105. The van der Waals surface area contributed by atoms with Crippen LogP contribution in [-0.2, 0) is 25.6 Å². The van der Waals surface area contributed by atoms with Crippen LogP contribution in [0.5, 0.6) is 0 Å². The Kier molecular flexibility index (Phi) is 4.45. The van der Waals surface area contributed by atoms with Crippen LogP contribution < -0.4 is 10.9 Å². The highest BCUT2D eigenvalue weighted by Crippen LogP contribution is 2.35. The summed E-state index contributed by atoms with van der Waals surface area (Å²) >= 11 is 0. The van der Waals surface area contributed by atoms with Crippen LogP contribution in [0, 0.1) is 0 Å². The van der Waals surface area contributed by atoms with E-state index in [1.54, 1.807) is 7.05 Å². The van der Waals surface area contributed by atoms with Crippen LogP contribution in [-0.4, -0.2) is 17.2 Å². The lowest BCUT2D eigenvalue weighted by atomic mass is 9.89. The topological polar surface area (TPSA) is 57.8 Å². The molecular formula is C17H18F3N3O. The first kappa shape index (κ1) is 16.7. The molecule has 1 aliphatic rings. The van der Waals surface area contributed by atoms with E-state index >= 15 is 0 Å². The van der Waals surface area contributed by atoms with E-state index in [1.165, 1.54) is 12.1 Å². The van der Waals surface area contributed by atoms with Crippen LogP contribution in [0.2, 0.25) is 0 Å². The molecular weight excluding hydrogens is 319 g/mol. The Hall–Kier alpha value is -2.15. The van der Waals surface area contributed by atoms with Crippen molar-refractivity contribution in [1.29, 1.82) is 0 Å². The third-order valence-electron chi connectivity index (χ3n) is 4.35. The quantitative estimate of drug-likeness (QED) is 0.905. The summed E-state index contributed by atoms with van der Waals surface area (Å²) in [6, 6.07) is 4.02. The van der Waals surface area contributed by atoms with E-state index in [1.807, 2.05) is 0 Å². The fraction of sp³-hybridized carbons (Fsp3) is 0.412. The molecule has 0 spiro atoms. The number of H-pyrrole nitrogens is 1. The van der Waals surface area contributed by atoms with Gasteiger partial charge in [0.2, 0.25) is 0 Å². The molecule has 0 amide bonds. The summed E-state index contributed by atoms with van der Waals surface area (Å²) < 4.78 is 39.4. The van der Waals surface area contributed by atoms with Gasteiger partial charge in [0.05, 0.1) is 11.3 Å².